The molecule has 2 atom stereocenters. The van der Waals surface area contributed by atoms with Crippen molar-refractivity contribution in [3.05, 3.63) is 0 Å². The number of carbonyl (C=O) groups is 1. The zero-order valence-electron chi connectivity index (χ0n) is 14.2. The summed E-state index contributed by atoms with van der Waals surface area (Å²) in [5.41, 5.74) is -0.405. The molecule has 1 aliphatic heterocycles. The van der Waals surface area contributed by atoms with Crippen LogP contribution in [-0.2, 0) is 4.74 Å². The van der Waals surface area contributed by atoms with E-state index in [2.05, 4.69) is 12.2 Å². The van der Waals surface area contributed by atoms with Crippen LogP contribution >= 0.6 is 0 Å². The second-order valence-electron chi connectivity index (χ2n) is 7.80. The predicted molar refractivity (Wildman–Crippen MR) is 85.4 cm³/mol. The van der Waals surface area contributed by atoms with Gasteiger partial charge in [-0.3, -0.25) is 0 Å². The molecular formula is C17H32N2O2. The van der Waals surface area contributed by atoms with Crippen LogP contribution < -0.4 is 5.32 Å². The summed E-state index contributed by atoms with van der Waals surface area (Å²) in [5, 5.41) is 3.84. The van der Waals surface area contributed by atoms with Crippen molar-refractivity contribution < 1.29 is 9.53 Å². The van der Waals surface area contributed by atoms with E-state index in [0.717, 1.165) is 19.5 Å². The van der Waals surface area contributed by atoms with Crippen molar-refractivity contribution in [2.24, 2.45) is 5.92 Å². The van der Waals surface area contributed by atoms with E-state index >= 15 is 0 Å². The van der Waals surface area contributed by atoms with Gasteiger partial charge < -0.3 is 15.0 Å². The van der Waals surface area contributed by atoms with Crippen molar-refractivity contribution in [2.45, 2.75) is 83.9 Å². The number of likely N-dealkylation sites (tertiary alicyclic amines) is 1. The third kappa shape index (κ3) is 5.17. The van der Waals surface area contributed by atoms with Crippen LogP contribution in [0.15, 0.2) is 0 Å². The van der Waals surface area contributed by atoms with Gasteiger partial charge in [-0.15, -0.1) is 0 Å². The molecule has 4 heteroatoms. The van der Waals surface area contributed by atoms with E-state index in [0.29, 0.717) is 18.0 Å². The van der Waals surface area contributed by atoms with Crippen molar-refractivity contribution in [3.63, 3.8) is 0 Å². The van der Waals surface area contributed by atoms with Gasteiger partial charge in [-0.25, -0.2) is 4.79 Å². The van der Waals surface area contributed by atoms with E-state index < -0.39 is 5.60 Å². The lowest BCUT2D eigenvalue weighted by Crippen LogP contribution is -2.53. The minimum Gasteiger partial charge on any atom is -0.444 e. The smallest absolute Gasteiger partial charge is 0.410 e. The summed E-state index contributed by atoms with van der Waals surface area (Å²) < 4.78 is 5.48. The lowest BCUT2D eigenvalue weighted by atomic mass is 9.90. The molecule has 0 spiro atoms. The fourth-order valence-corrected chi connectivity index (χ4v) is 3.46. The molecule has 122 valence electrons. The SMILES string of the molecule is CC1CN(C(=O)OC(C)(C)C)CCC1NC1CCCCC1. The number of hydrogen-bond donors (Lipinski definition) is 1. The van der Waals surface area contributed by atoms with Crippen LogP contribution in [-0.4, -0.2) is 41.8 Å². The monoisotopic (exact) mass is 296 g/mol. The van der Waals surface area contributed by atoms with Crippen molar-refractivity contribution in [1.82, 2.24) is 10.2 Å². The number of nitrogens with zero attached hydrogens (tertiary/aromatic N) is 1. The van der Waals surface area contributed by atoms with Gasteiger partial charge in [0.25, 0.3) is 0 Å². The summed E-state index contributed by atoms with van der Waals surface area (Å²) in [6.45, 7) is 9.63. The summed E-state index contributed by atoms with van der Waals surface area (Å²) >= 11 is 0. The number of rotatable bonds is 2. The molecule has 1 saturated carbocycles. The quantitative estimate of drug-likeness (QED) is 0.847. The summed E-state index contributed by atoms with van der Waals surface area (Å²) in [4.78, 5) is 14.0. The van der Waals surface area contributed by atoms with Crippen molar-refractivity contribution in [2.75, 3.05) is 13.1 Å². The van der Waals surface area contributed by atoms with Gasteiger partial charge in [0.1, 0.15) is 5.60 Å². The third-order valence-corrected chi connectivity index (χ3v) is 4.61. The topological polar surface area (TPSA) is 41.6 Å². The molecule has 2 rings (SSSR count). The molecule has 0 radical (unpaired) electrons. The van der Waals surface area contributed by atoms with E-state index in [-0.39, 0.29) is 6.09 Å². The molecule has 0 bridgehead atoms. The molecule has 1 heterocycles. The van der Waals surface area contributed by atoms with E-state index in [9.17, 15) is 4.79 Å². The highest BCUT2D eigenvalue weighted by Gasteiger charge is 2.32. The molecule has 21 heavy (non-hydrogen) atoms. The Bertz CT molecular complexity index is 345. The lowest BCUT2D eigenvalue weighted by Gasteiger charge is -2.40. The average Bonchev–Trinajstić information content (AvgIpc) is 2.40. The van der Waals surface area contributed by atoms with Crippen LogP contribution in [0.1, 0.15) is 66.2 Å². The molecule has 2 unspecified atom stereocenters. The Morgan fingerprint density at radius 1 is 1.14 bits per heavy atom. The van der Waals surface area contributed by atoms with E-state index in [1.165, 1.54) is 32.1 Å². The fourth-order valence-electron chi connectivity index (χ4n) is 3.46. The Morgan fingerprint density at radius 3 is 2.38 bits per heavy atom. The molecule has 2 aliphatic rings. The largest absolute Gasteiger partial charge is 0.444 e. The van der Waals surface area contributed by atoms with Gasteiger partial charge >= 0.3 is 6.09 Å². The molecule has 4 nitrogen and oxygen atoms in total. The Balaban J connectivity index is 1.79. The zero-order chi connectivity index (χ0) is 15.5. The zero-order valence-corrected chi connectivity index (χ0v) is 14.2. The number of carbonyl (C=O) groups excluding carboxylic acids is 1. The van der Waals surface area contributed by atoms with Crippen LogP contribution in [0.25, 0.3) is 0 Å². The summed E-state index contributed by atoms with van der Waals surface area (Å²) in [7, 11) is 0. The van der Waals surface area contributed by atoms with Crippen LogP contribution in [0, 0.1) is 5.92 Å². The summed E-state index contributed by atoms with van der Waals surface area (Å²) in [5.74, 6) is 0.494. The third-order valence-electron chi connectivity index (χ3n) is 4.61. The number of hydrogen-bond acceptors (Lipinski definition) is 3. The van der Waals surface area contributed by atoms with Gasteiger partial charge in [0.05, 0.1) is 0 Å². The minimum absolute atomic E-state index is 0.162. The average molecular weight is 296 g/mol. The number of amides is 1. The van der Waals surface area contributed by atoms with Gasteiger partial charge in [-0.2, -0.15) is 0 Å². The molecule has 1 amide bonds. The normalized spacial score (nSPS) is 28.5. The van der Waals surface area contributed by atoms with Crippen molar-refractivity contribution >= 4 is 6.09 Å². The second kappa shape index (κ2) is 6.99. The molecule has 1 N–H and O–H groups in total. The highest BCUT2D eigenvalue weighted by Crippen LogP contribution is 2.23. The highest BCUT2D eigenvalue weighted by atomic mass is 16.6. The van der Waals surface area contributed by atoms with Crippen molar-refractivity contribution in [1.29, 1.82) is 0 Å². The first-order chi connectivity index (χ1) is 9.85. The Labute approximate surface area is 129 Å². The molecule has 0 aromatic rings. The van der Waals surface area contributed by atoms with Crippen LogP contribution in [0.4, 0.5) is 4.79 Å². The van der Waals surface area contributed by atoms with Crippen LogP contribution in [0.2, 0.25) is 0 Å². The molecule has 1 saturated heterocycles. The standard InChI is InChI=1S/C17H32N2O2/c1-13-12-19(16(20)21-17(2,3)4)11-10-15(13)18-14-8-6-5-7-9-14/h13-15,18H,5-12H2,1-4H3. The summed E-state index contributed by atoms with van der Waals surface area (Å²) in [6.07, 6.45) is 7.64. The Morgan fingerprint density at radius 2 is 1.81 bits per heavy atom. The molecule has 0 aromatic heterocycles. The first-order valence-electron chi connectivity index (χ1n) is 8.59. The molecule has 1 aliphatic carbocycles. The highest BCUT2D eigenvalue weighted by molar-refractivity contribution is 5.68. The predicted octanol–water partition coefficient (Wildman–Crippen LogP) is 3.55. The molecular weight excluding hydrogens is 264 g/mol. The first kappa shape index (κ1) is 16.6. The van der Waals surface area contributed by atoms with E-state index in [1.807, 2.05) is 25.7 Å². The maximum Gasteiger partial charge on any atom is 0.410 e. The number of ether oxygens (including phenoxy) is 1. The van der Waals surface area contributed by atoms with Gasteiger partial charge in [-0.1, -0.05) is 26.2 Å². The van der Waals surface area contributed by atoms with E-state index in [4.69, 9.17) is 4.74 Å². The van der Waals surface area contributed by atoms with Gasteiger partial charge in [-0.05, 0) is 46.0 Å². The fraction of sp³-hybridized carbons (Fsp3) is 0.941. The van der Waals surface area contributed by atoms with Crippen molar-refractivity contribution in [3.8, 4) is 0 Å². The van der Waals surface area contributed by atoms with Crippen LogP contribution in [0.5, 0.6) is 0 Å². The Hall–Kier alpha value is -0.770. The molecule has 2 fully saturated rings. The summed E-state index contributed by atoms with van der Waals surface area (Å²) in [6, 6.07) is 1.24. The Kier molecular flexibility index (Phi) is 5.53. The van der Waals surface area contributed by atoms with Crippen LogP contribution in [0.3, 0.4) is 0 Å². The van der Waals surface area contributed by atoms with Gasteiger partial charge in [0, 0.05) is 25.2 Å². The number of piperidine rings is 1. The van der Waals surface area contributed by atoms with E-state index in [1.54, 1.807) is 0 Å². The van der Waals surface area contributed by atoms with Gasteiger partial charge in [0.15, 0.2) is 0 Å². The lowest BCUT2D eigenvalue weighted by molar-refractivity contribution is 0.0136. The molecule has 0 aromatic carbocycles. The first-order valence-corrected chi connectivity index (χ1v) is 8.59. The number of nitrogens with one attached hydrogen (secondary N) is 1. The maximum absolute atomic E-state index is 12.1. The van der Waals surface area contributed by atoms with Gasteiger partial charge in [0.2, 0.25) is 0 Å². The second-order valence-corrected chi connectivity index (χ2v) is 7.80. The minimum atomic E-state index is -0.405. The maximum atomic E-state index is 12.1.